The molecule has 2 nitrogen and oxygen atoms in total. The number of halogens is 2. The van der Waals surface area contributed by atoms with Gasteiger partial charge in [-0.05, 0) is 27.6 Å². The van der Waals surface area contributed by atoms with Gasteiger partial charge < -0.3 is 0 Å². The van der Waals surface area contributed by atoms with E-state index in [2.05, 4.69) is 25.9 Å². The molecule has 0 aliphatic heterocycles. The molecule has 82 valence electrons. The molecule has 0 N–H and O–H groups in total. The third-order valence-corrected chi connectivity index (χ3v) is 3.80. The number of benzene rings is 1. The lowest BCUT2D eigenvalue weighted by Crippen LogP contribution is -1.88. The number of rotatable bonds is 3. The van der Waals surface area contributed by atoms with Gasteiger partial charge in [0.1, 0.15) is 10.8 Å². The van der Waals surface area contributed by atoms with Gasteiger partial charge in [-0.15, -0.1) is 11.8 Å². The van der Waals surface area contributed by atoms with E-state index >= 15 is 0 Å². The summed E-state index contributed by atoms with van der Waals surface area (Å²) in [7, 11) is 0. The first-order chi connectivity index (χ1) is 7.77. The Bertz CT molecular complexity index is 479. The van der Waals surface area contributed by atoms with Gasteiger partial charge in [-0.25, -0.2) is 9.37 Å². The monoisotopic (exact) mass is 298 g/mol. The Balaban J connectivity index is 2.08. The molecule has 1 aromatic heterocycles. The van der Waals surface area contributed by atoms with E-state index in [1.807, 2.05) is 6.07 Å². The van der Waals surface area contributed by atoms with E-state index in [1.165, 1.54) is 17.8 Å². The topological polar surface area (TPSA) is 25.8 Å². The first kappa shape index (κ1) is 11.5. The van der Waals surface area contributed by atoms with Gasteiger partial charge in [-0.1, -0.05) is 12.1 Å². The number of hydrogen-bond donors (Lipinski definition) is 0. The molecule has 0 aliphatic carbocycles. The van der Waals surface area contributed by atoms with E-state index in [4.69, 9.17) is 0 Å². The molecule has 1 aromatic carbocycles. The maximum absolute atomic E-state index is 13.2. The molecule has 2 aromatic rings. The summed E-state index contributed by atoms with van der Waals surface area (Å²) in [6.45, 7) is 0. The van der Waals surface area contributed by atoms with Crippen LogP contribution >= 0.6 is 27.7 Å². The van der Waals surface area contributed by atoms with Crippen molar-refractivity contribution in [3.05, 3.63) is 52.6 Å². The van der Waals surface area contributed by atoms with Crippen LogP contribution in [0, 0.1) is 5.82 Å². The summed E-state index contributed by atoms with van der Waals surface area (Å²) in [5.74, 6) is 0.425. The highest BCUT2D eigenvalue weighted by Crippen LogP contribution is 2.26. The molecule has 0 unspecified atom stereocenters. The van der Waals surface area contributed by atoms with Crippen molar-refractivity contribution >= 4 is 27.7 Å². The van der Waals surface area contributed by atoms with Crippen LogP contribution in [0.5, 0.6) is 0 Å². The number of hydrogen-bond acceptors (Lipinski definition) is 3. The summed E-state index contributed by atoms with van der Waals surface area (Å²) < 4.78 is 13.7. The van der Waals surface area contributed by atoms with Crippen molar-refractivity contribution < 1.29 is 4.39 Å². The molecular formula is C11H8BrFN2S. The maximum Gasteiger partial charge on any atom is 0.137 e. The van der Waals surface area contributed by atoms with Gasteiger partial charge in [0.05, 0.1) is 10.7 Å². The van der Waals surface area contributed by atoms with Gasteiger partial charge in [0.15, 0.2) is 0 Å². The van der Waals surface area contributed by atoms with E-state index in [-0.39, 0.29) is 5.82 Å². The van der Waals surface area contributed by atoms with Crippen molar-refractivity contribution in [3.8, 4) is 0 Å². The SMILES string of the molecule is Fc1cccc(CSc2cnccn2)c1Br. The van der Waals surface area contributed by atoms with Crippen LogP contribution in [0.25, 0.3) is 0 Å². The first-order valence-corrected chi connectivity index (χ1v) is 6.37. The van der Waals surface area contributed by atoms with Gasteiger partial charge in [-0.2, -0.15) is 0 Å². The van der Waals surface area contributed by atoms with E-state index in [1.54, 1.807) is 24.7 Å². The predicted molar refractivity (Wildman–Crippen MR) is 65.7 cm³/mol. The molecule has 0 spiro atoms. The van der Waals surface area contributed by atoms with Gasteiger partial charge >= 0.3 is 0 Å². The maximum atomic E-state index is 13.2. The Morgan fingerprint density at radius 2 is 2.19 bits per heavy atom. The number of aromatic nitrogens is 2. The molecule has 0 aliphatic rings. The average molecular weight is 299 g/mol. The second-order valence-electron chi connectivity index (χ2n) is 3.05. The molecule has 2 rings (SSSR count). The highest BCUT2D eigenvalue weighted by atomic mass is 79.9. The van der Waals surface area contributed by atoms with Crippen LogP contribution in [-0.2, 0) is 5.75 Å². The highest BCUT2D eigenvalue weighted by Gasteiger charge is 2.05. The van der Waals surface area contributed by atoms with Gasteiger partial charge in [0, 0.05) is 18.1 Å². The minimum atomic E-state index is -0.239. The van der Waals surface area contributed by atoms with Crippen molar-refractivity contribution in [1.82, 2.24) is 9.97 Å². The number of thioether (sulfide) groups is 1. The zero-order chi connectivity index (χ0) is 11.4. The van der Waals surface area contributed by atoms with Gasteiger partial charge in [-0.3, -0.25) is 4.98 Å². The Kier molecular flexibility index (Phi) is 3.90. The molecule has 0 amide bonds. The van der Waals surface area contributed by atoms with Crippen LogP contribution in [0.4, 0.5) is 4.39 Å². The average Bonchev–Trinajstić information content (AvgIpc) is 2.32. The van der Waals surface area contributed by atoms with E-state index in [0.717, 1.165) is 10.6 Å². The third-order valence-electron chi connectivity index (χ3n) is 1.95. The Hall–Kier alpha value is -0.940. The molecule has 0 saturated carbocycles. The zero-order valence-electron chi connectivity index (χ0n) is 8.23. The van der Waals surface area contributed by atoms with Crippen LogP contribution in [0.15, 0.2) is 46.3 Å². The minimum Gasteiger partial charge on any atom is -0.260 e. The number of nitrogens with zero attached hydrogens (tertiary/aromatic N) is 2. The van der Waals surface area contributed by atoms with Crippen molar-refractivity contribution in [1.29, 1.82) is 0 Å². The Morgan fingerprint density at radius 3 is 2.94 bits per heavy atom. The second-order valence-corrected chi connectivity index (χ2v) is 4.83. The summed E-state index contributed by atoms with van der Waals surface area (Å²) >= 11 is 4.76. The molecule has 0 radical (unpaired) electrons. The minimum absolute atomic E-state index is 0.239. The van der Waals surface area contributed by atoms with Crippen LogP contribution in [-0.4, -0.2) is 9.97 Å². The normalized spacial score (nSPS) is 10.4. The fourth-order valence-corrected chi connectivity index (χ4v) is 2.58. The largest absolute Gasteiger partial charge is 0.260 e. The van der Waals surface area contributed by atoms with Crippen LogP contribution < -0.4 is 0 Å². The fraction of sp³-hybridized carbons (Fsp3) is 0.0909. The third kappa shape index (κ3) is 2.80. The molecule has 0 saturated heterocycles. The molecule has 0 atom stereocenters. The smallest absolute Gasteiger partial charge is 0.137 e. The lowest BCUT2D eigenvalue weighted by molar-refractivity contribution is 0.619. The lowest BCUT2D eigenvalue weighted by Gasteiger charge is -2.04. The van der Waals surface area contributed by atoms with Crippen LogP contribution in [0.3, 0.4) is 0 Å². The van der Waals surface area contributed by atoms with Crippen molar-refractivity contribution in [2.75, 3.05) is 0 Å². The van der Waals surface area contributed by atoms with E-state index < -0.39 is 0 Å². The quantitative estimate of drug-likeness (QED) is 0.809. The zero-order valence-corrected chi connectivity index (χ0v) is 10.6. The van der Waals surface area contributed by atoms with E-state index in [0.29, 0.717) is 10.2 Å². The summed E-state index contributed by atoms with van der Waals surface area (Å²) in [5, 5.41) is 0.832. The van der Waals surface area contributed by atoms with Crippen molar-refractivity contribution in [2.24, 2.45) is 0 Å². The predicted octanol–water partition coefficient (Wildman–Crippen LogP) is 3.67. The first-order valence-electron chi connectivity index (χ1n) is 4.59. The van der Waals surface area contributed by atoms with Crippen molar-refractivity contribution in [2.45, 2.75) is 10.8 Å². The Morgan fingerprint density at radius 1 is 1.31 bits per heavy atom. The van der Waals surface area contributed by atoms with Gasteiger partial charge in [0.25, 0.3) is 0 Å². The summed E-state index contributed by atoms with van der Waals surface area (Å²) in [6.07, 6.45) is 4.96. The molecule has 5 heteroatoms. The van der Waals surface area contributed by atoms with Crippen molar-refractivity contribution in [3.63, 3.8) is 0 Å². The fourth-order valence-electron chi connectivity index (χ4n) is 1.17. The van der Waals surface area contributed by atoms with Crippen LogP contribution in [0.1, 0.15) is 5.56 Å². The molecule has 16 heavy (non-hydrogen) atoms. The Labute approximate surface area is 105 Å². The summed E-state index contributed by atoms with van der Waals surface area (Å²) in [5.41, 5.74) is 0.913. The molecule has 0 fully saturated rings. The van der Waals surface area contributed by atoms with E-state index in [9.17, 15) is 4.39 Å². The molecular weight excluding hydrogens is 291 g/mol. The summed E-state index contributed by atoms with van der Waals surface area (Å²) in [6, 6.07) is 5.02. The molecule has 1 heterocycles. The van der Waals surface area contributed by atoms with Crippen LogP contribution in [0.2, 0.25) is 0 Å². The summed E-state index contributed by atoms with van der Waals surface area (Å²) in [4.78, 5) is 8.11. The lowest BCUT2D eigenvalue weighted by atomic mass is 10.2. The standard InChI is InChI=1S/C11H8BrFN2S/c12-11-8(2-1-3-9(11)13)7-16-10-6-14-4-5-15-10/h1-6H,7H2. The van der Waals surface area contributed by atoms with Gasteiger partial charge in [0.2, 0.25) is 0 Å². The molecule has 0 bridgehead atoms. The highest BCUT2D eigenvalue weighted by molar-refractivity contribution is 9.10. The second kappa shape index (κ2) is 5.41.